The fraction of sp³-hybridized carbons (Fsp3) is 0.643. The molecule has 0 N–H and O–H groups in total. The molecule has 21 heavy (non-hydrogen) atoms. The van der Waals surface area contributed by atoms with E-state index in [4.69, 9.17) is 9.47 Å². The van der Waals surface area contributed by atoms with Crippen LogP contribution in [0, 0.1) is 0 Å². The monoisotopic (exact) mass is 299 g/mol. The van der Waals surface area contributed by atoms with Gasteiger partial charge in [0, 0.05) is 13.5 Å². The van der Waals surface area contributed by atoms with E-state index in [0.29, 0.717) is 12.8 Å². The van der Waals surface area contributed by atoms with Crippen LogP contribution in [0.15, 0.2) is 11.5 Å². The van der Waals surface area contributed by atoms with Crippen molar-refractivity contribution in [3.63, 3.8) is 0 Å². The summed E-state index contributed by atoms with van der Waals surface area (Å²) in [5.74, 6) is 0.513. The standard InChI is InChI=1S/C14H21NO6/c1-10(21-9-16)13(19-3)8-20-14(18)15(2)11-6-4-5-7-12(11)17/h9,11H,4-8H2,1-3H3/b13-10-. The second-order valence-electron chi connectivity index (χ2n) is 4.79. The Morgan fingerprint density at radius 3 is 2.71 bits per heavy atom. The van der Waals surface area contributed by atoms with Crippen molar-refractivity contribution >= 4 is 18.3 Å². The number of ether oxygens (including phenoxy) is 3. The zero-order valence-corrected chi connectivity index (χ0v) is 12.6. The van der Waals surface area contributed by atoms with Crippen molar-refractivity contribution < 1.29 is 28.6 Å². The molecule has 1 unspecified atom stereocenters. The SMILES string of the molecule is CO/C(COC(=O)N(C)C1CCCCC1=O)=C(/C)OC=O. The quantitative estimate of drug-likeness (QED) is 0.547. The third-order valence-electron chi connectivity index (χ3n) is 3.47. The average Bonchev–Trinajstić information content (AvgIpc) is 2.47. The number of allylic oxidation sites excluding steroid dienone is 1. The number of carbonyl (C=O) groups excluding carboxylic acids is 3. The summed E-state index contributed by atoms with van der Waals surface area (Å²) in [6, 6.07) is -0.423. The topological polar surface area (TPSA) is 82.1 Å². The number of likely N-dealkylation sites (N-methyl/N-ethyl adjacent to an activating group) is 1. The third kappa shape index (κ3) is 4.77. The Kier molecular flexibility index (Phi) is 6.71. The molecule has 1 rings (SSSR count). The van der Waals surface area contributed by atoms with Crippen molar-refractivity contribution in [3.8, 4) is 0 Å². The van der Waals surface area contributed by atoms with Gasteiger partial charge in [-0.15, -0.1) is 0 Å². The van der Waals surface area contributed by atoms with Gasteiger partial charge in [-0.25, -0.2) is 4.79 Å². The third-order valence-corrected chi connectivity index (χ3v) is 3.47. The fourth-order valence-electron chi connectivity index (χ4n) is 2.17. The number of rotatable bonds is 6. The molecule has 1 amide bonds. The summed E-state index contributed by atoms with van der Waals surface area (Å²) in [6.07, 6.45) is 2.34. The van der Waals surface area contributed by atoms with Crippen LogP contribution in [-0.2, 0) is 23.8 Å². The van der Waals surface area contributed by atoms with E-state index in [1.165, 1.54) is 18.9 Å². The van der Waals surface area contributed by atoms with Crippen molar-refractivity contribution in [1.29, 1.82) is 0 Å². The van der Waals surface area contributed by atoms with E-state index >= 15 is 0 Å². The van der Waals surface area contributed by atoms with Crippen LogP contribution >= 0.6 is 0 Å². The second-order valence-corrected chi connectivity index (χ2v) is 4.79. The number of carbonyl (C=O) groups is 3. The molecule has 0 spiro atoms. The van der Waals surface area contributed by atoms with Crippen molar-refractivity contribution in [2.45, 2.75) is 38.6 Å². The Morgan fingerprint density at radius 2 is 2.14 bits per heavy atom. The smallest absolute Gasteiger partial charge is 0.410 e. The van der Waals surface area contributed by atoms with Crippen LogP contribution in [0.3, 0.4) is 0 Å². The molecular formula is C14H21NO6. The predicted octanol–water partition coefficient (Wildman–Crippen LogP) is 1.62. The zero-order valence-electron chi connectivity index (χ0n) is 12.6. The fourth-order valence-corrected chi connectivity index (χ4v) is 2.17. The zero-order chi connectivity index (χ0) is 15.8. The molecule has 0 aromatic heterocycles. The first-order chi connectivity index (χ1) is 10.0. The van der Waals surface area contributed by atoms with Gasteiger partial charge >= 0.3 is 6.09 Å². The van der Waals surface area contributed by atoms with E-state index in [0.717, 1.165) is 12.8 Å². The number of hydrogen-bond donors (Lipinski definition) is 0. The number of ketones is 1. The molecule has 0 aromatic carbocycles. The molecule has 0 aliphatic heterocycles. The molecule has 0 heterocycles. The second kappa shape index (κ2) is 8.28. The lowest BCUT2D eigenvalue weighted by Crippen LogP contribution is -2.44. The largest absolute Gasteiger partial charge is 0.494 e. The number of nitrogens with zero attached hydrogens (tertiary/aromatic N) is 1. The predicted molar refractivity (Wildman–Crippen MR) is 73.2 cm³/mol. The van der Waals surface area contributed by atoms with Crippen LogP contribution in [0.4, 0.5) is 4.79 Å². The Labute approximate surface area is 123 Å². The van der Waals surface area contributed by atoms with Gasteiger partial charge in [0.1, 0.15) is 5.76 Å². The van der Waals surface area contributed by atoms with Crippen LogP contribution < -0.4 is 0 Å². The van der Waals surface area contributed by atoms with E-state index in [1.807, 2.05) is 0 Å². The first-order valence-electron chi connectivity index (χ1n) is 6.77. The lowest BCUT2D eigenvalue weighted by atomic mass is 9.93. The number of Topliss-reactive ketones (excluding diaryl/α,β-unsaturated/α-hetero) is 1. The Bertz CT molecular complexity index is 431. The molecule has 0 saturated heterocycles. The highest BCUT2D eigenvalue weighted by molar-refractivity contribution is 5.87. The molecule has 1 aliphatic rings. The first-order valence-corrected chi connectivity index (χ1v) is 6.77. The van der Waals surface area contributed by atoms with Crippen molar-refractivity contribution in [2.24, 2.45) is 0 Å². The summed E-state index contributed by atoms with van der Waals surface area (Å²) in [7, 11) is 2.93. The first kappa shape index (κ1) is 17.0. The molecule has 0 bridgehead atoms. The Balaban J connectivity index is 2.57. The van der Waals surface area contributed by atoms with Gasteiger partial charge in [0.15, 0.2) is 18.1 Å². The highest BCUT2D eigenvalue weighted by Crippen LogP contribution is 2.19. The minimum Gasteiger partial charge on any atom is -0.494 e. The molecule has 0 aromatic rings. The van der Waals surface area contributed by atoms with Gasteiger partial charge in [0.25, 0.3) is 6.47 Å². The Hall–Kier alpha value is -2.05. The molecule has 7 heteroatoms. The van der Waals surface area contributed by atoms with E-state index in [2.05, 4.69) is 4.74 Å². The minimum absolute atomic E-state index is 0.0590. The van der Waals surface area contributed by atoms with Gasteiger partial charge in [0.05, 0.1) is 13.2 Å². The molecule has 1 fully saturated rings. The molecule has 1 saturated carbocycles. The molecule has 0 radical (unpaired) electrons. The van der Waals surface area contributed by atoms with Crippen LogP contribution in [-0.4, -0.2) is 50.1 Å². The number of amides is 1. The summed E-state index contributed by atoms with van der Waals surface area (Å²) in [5.41, 5.74) is 0. The molecular weight excluding hydrogens is 278 g/mol. The maximum absolute atomic E-state index is 12.0. The summed E-state index contributed by atoms with van der Waals surface area (Å²) in [4.78, 5) is 35.3. The molecule has 1 aliphatic carbocycles. The van der Waals surface area contributed by atoms with E-state index < -0.39 is 12.1 Å². The van der Waals surface area contributed by atoms with Crippen molar-refractivity contribution in [1.82, 2.24) is 4.90 Å². The summed E-state index contributed by atoms with van der Waals surface area (Å²) >= 11 is 0. The Morgan fingerprint density at radius 1 is 1.43 bits per heavy atom. The number of methoxy groups -OCH3 is 1. The van der Waals surface area contributed by atoms with E-state index in [9.17, 15) is 14.4 Å². The highest BCUT2D eigenvalue weighted by atomic mass is 16.6. The normalized spacial score (nSPS) is 19.4. The average molecular weight is 299 g/mol. The summed E-state index contributed by atoms with van der Waals surface area (Å²) < 4.78 is 14.7. The maximum atomic E-state index is 12.0. The summed E-state index contributed by atoms with van der Waals surface area (Å²) in [6.45, 7) is 1.62. The van der Waals surface area contributed by atoms with E-state index in [-0.39, 0.29) is 30.4 Å². The van der Waals surface area contributed by atoms with Crippen LogP contribution in [0.2, 0.25) is 0 Å². The van der Waals surface area contributed by atoms with Gasteiger partial charge in [-0.1, -0.05) is 6.42 Å². The van der Waals surface area contributed by atoms with Gasteiger partial charge < -0.3 is 19.1 Å². The molecule has 1 atom stereocenters. The molecule has 118 valence electrons. The van der Waals surface area contributed by atoms with E-state index in [1.54, 1.807) is 7.05 Å². The lowest BCUT2D eigenvalue weighted by molar-refractivity contribution is -0.126. The van der Waals surface area contributed by atoms with Gasteiger partial charge in [-0.3, -0.25) is 9.59 Å². The maximum Gasteiger partial charge on any atom is 0.410 e. The van der Waals surface area contributed by atoms with Gasteiger partial charge in [0.2, 0.25) is 0 Å². The van der Waals surface area contributed by atoms with Crippen LogP contribution in [0.25, 0.3) is 0 Å². The molecule has 7 nitrogen and oxygen atoms in total. The number of hydrogen-bond acceptors (Lipinski definition) is 6. The van der Waals surface area contributed by atoms with Gasteiger partial charge in [-0.05, 0) is 19.8 Å². The van der Waals surface area contributed by atoms with Crippen molar-refractivity contribution in [3.05, 3.63) is 11.5 Å². The lowest BCUT2D eigenvalue weighted by Gasteiger charge is -2.29. The van der Waals surface area contributed by atoms with Crippen LogP contribution in [0.1, 0.15) is 32.6 Å². The summed E-state index contributed by atoms with van der Waals surface area (Å²) in [5, 5.41) is 0. The van der Waals surface area contributed by atoms with Crippen LogP contribution in [0.5, 0.6) is 0 Å². The van der Waals surface area contributed by atoms with Crippen molar-refractivity contribution in [2.75, 3.05) is 20.8 Å². The van der Waals surface area contributed by atoms with Gasteiger partial charge in [-0.2, -0.15) is 0 Å². The minimum atomic E-state index is -0.608. The highest BCUT2D eigenvalue weighted by Gasteiger charge is 2.29.